The molecule has 1 saturated heterocycles. The van der Waals surface area contributed by atoms with Gasteiger partial charge in [0.2, 0.25) is 5.91 Å². The van der Waals surface area contributed by atoms with Gasteiger partial charge in [0.05, 0.1) is 12.7 Å². The van der Waals surface area contributed by atoms with Crippen LogP contribution in [-0.4, -0.2) is 50.0 Å². The van der Waals surface area contributed by atoms with Crippen molar-refractivity contribution in [1.29, 1.82) is 0 Å². The second-order valence-electron chi connectivity index (χ2n) is 5.61. The predicted octanol–water partition coefficient (Wildman–Crippen LogP) is 2.95. The number of nitrogens with zero attached hydrogens (tertiary/aromatic N) is 1. The van der Waals surface area contributed by atoms with E-state index in [-0.39, 0.29) is 18.6 Å². The van der Waals surface area contributed by atoms with Gasteiger partial charge in [-0.15, -0.1) is 11.8 Å². The van der Waals surface area contributed by atoms with Gasteiger partial charge in [0.15, 0.2) is 0 Å². The van der Waals surface area contributed by atoms with Crippen LogP contribution in [-0.2, 0) is 20.8 Å². The van der Waals surface area contributed by atoms with Crippen molar-refractivity contribution < 1.29 is 14.3 Å². The first-order valence-corrected chi connectivity index (χ1v) is 8.97. The molecule has 22 heavy (non-hydrogen) atoms. The fourth-order valence-corrected chi connectivity index (χ4v) is 2.94. The van der Waals surface area contributed by atoms with Crippen LogP contribution in [0.1, 0.15) is 24.8 Å². The molecule has 1 aromatic rings. The minimum atomic E-state index is 0.00497. The fraction of sp³-hybridized carbons (Fsp3) is 0.588. The number of hydrogen-bond acceptors (Lipinski definition) is 4. The average Bonchev–Trinajstić information content (AvgIpc) is 2.56. The number of ether oxygens (including phenoxy) is 2. The summed E-state index contributed by atoms with van der Waals surface area (Å²) in [5, 5.41) is 0. The molecule has 0 radical (unpaired) electrons. The highest BCUT2D eigenvalue weighted by Gasteiger charge is 2.15. The van der Waals surface area contributed by atoms with E-state index in [9.17, 15) is 4.79 Å². The Morgan fingerprint density at radius 3 is 3.05 bits per heavy atom. The number of hydrogen-bond donors (Lipinski definition) is 0. The van der Waals surface area contributed by atoms with Crippen molar-refractivity contribution in [1.82, 2.24) is 4.90 Å². The van der Waals surface area contributed by atoms with E-state index in [1.54, 1.807) is 16.7 Å². The molecule has 1 atom stereocenters. The van der Waals surface area contributed by atoms with E-state index in [0.717, 1.165) is 25.0 Å². The quantitative estimate of drug-likeness (QED) is 0.723. The number of rotatable bonds is 7. The molecule has 0 spiro atoms. The van der Waals surface area contributed by atoms with Gasteiger partial charge in [0.25, 0.3) is 0 Å². The van der Waals surface area contributed by atoms with Gasteiger partial charge in [-0.25, -0.2) is 0 Å². The third kappa shape index (κ3) is 5.63. The SMILES string of the molecule is CSc1cccc(CN(C)C(=O)COCC2CCCCO2)c1. The maximum absolute atomic E-state index is 12.1. The van der Waals surface area contributed by atoms with E-state index >= 15 is 0 Å². The van der Waals surface area contributed by atoms with E-state index in [1.807, 2.05) is 19.2 Å². The third-order valence-electron chi connectivity index (χ3n) is 3.78. The van der Waals surface area contributed by atoms with Crippen LogP contribution < -0.4 is 0 Å². The Labute approximate surface area is 137 Å². The minimum Gasteiger partial charge on any atom is -0.376 e. The van der Waals surface area contributed by atoms with Crippen molar-refractivity contribution in [3.8, 4) is 0 Å². The number of thioether (sulfide) groups is 1. The molecule has 2 rings (SSSR count). The maximum Gasteiger partial charge on any atom is 0.248 e. The molecule has 1 unspecified atom stereocenters. The molecule has 4 nitrogen and oxygen atoms in total. The van der Waals surface area contributed by atoms with Crippen LogP contribution in [0.3, 0.4) is 0 Å². The smallest absolute Gasteiger partial charge is 0.248 e. The van der Waals surface area contributed by atoms with E-state index in [2.05, 4.69) is 18.4 Å². The van der Waals surface area contributed by atoms with Crippen molar-refractivity contribution in [3.63, 3.8) is 0 Å². The zero-order valence-corrected chi connectivity index (χ0v) is 14.2. The summed E-state index contributed by atoms with van der Waals surface area (Å²) in [7, 11) is 1.81. The summed E-state index contributed by atoms with van der Waals surface area (Å²) in [5.41, 5.74) is 1.14. The van der Waals surface area contributed by atoms with Crippen LogP contribution in [0.25, 0.3) is 0 Å². The molecule has 1 amide bonds. The minimum absolute atomic E-state index is 0.00497. The zero-order chi connectivity index (χ0) is 15.8. The average molecular weight is 323 g/mol. The molecule has 0 saturated carbocycles. The first-order valence-electron chi connectivity index (χ1n) is 7.75. The van der Waals surface area contributed by atoms with Gasteiger partial charge >= 0.3 is 0 Å². The molecule has 1 aromatic carbocycles. The predicted molar refractivity (Wildman–Crippen MR) is 89.1 cm³/mol. The molecule has 1 aliphatic heterocycles. The Morgan fingerprint density at radius 2 is 2.32 bits per heavy atom. The van der Waals surface area contributed by atoms with Crippen molar-refractivity contribution in [3.05, 3.63) is 29.8 Å². The van der Waals surface area contributed by atoms with E-state index in [4.69, 9.17) is 9.47 Å². The van der Waals surface area contributed by atoms with Gasteiger partial charge in [-0.2, -0.15) is 0 Å². The van der Waals surface area contributed by atoms with E-state index in [0.29, 0.717) is 13.2 Å². The lowest BCUT2D eigenvalue weighted by atomic mass is 10.1. The normalized spacial score (nSPS) is 18.2. The molecule has 5 heteroatoms. The van der Waals surface area contributed by atoms with E-state index < -0.39 is 0 Å². The standard InChI is InChI=1S/C17H25NO3S/c1-18(11-14-6-5-8-16(10-14)22-2)17(19)13-20-12-15-7-3-4-9-21-15/h5-6,8,10,15H,3-4,7,9,11-13H2,1-2H3. The monoisotopic (exact) mass is 323 g/mol. The van der Waals surface area contributed by atoms with Gasteiger partial charge in [-0.1, -0.05) is 12.1 Å². The number of amides is 1. The Bertz CT molecular complexity index is 475. The highest BCUT2D eigenvalue weighted by molar-refractivity contribution is 7.98. The highest BCUT2D eigenvalue weighted by atomic mass is 32.2. The molecule has 1 aliphatic rings. The van der Waals surface area contributed by atoms with Crippen molar-refractivity contribution in [2.24, 2.45) is 0 Å². The molecule has 0 aromatic heterocycles. The number of likely N-dealkylation sites (N-methyl/N-ethyl adjacent to an activating group) is 1. The lowest BCUT2D eigenvalue weighted by Gasteiger charge is -2.23. The molecule has 1 fully saturated rings. The first kappa shape index (κ1) is 17.3. The maximum atomic E-state index is 12.1. The molecule has 1 heterocycles. The third-order valence-corrected chi connectivity index (χ3v) is 4.51. The van der Waals surface area contributed by atoms with Crippen molar-refractivity contribution in [2.75, 3.05) is 33.1 Å². The molecule has 0 bridgehead atoms. The van der Waals surface area contributed by atoms with E-state index in [1.165, 1.54) is 11.3 Å². The topological polar surface area (TPSA) is 38.8 Å². The summed E-state index contributed by atoms with van der Waals surface area (Å²) >= 11 is 1.71. The van der Waals surface area contributed by atoms with Gasteiger partial charge in [0, 0.05) is 25.1 Å². The summed E-state index contributed by atoms with van der Waals surface area (Å²) in [6, 6.07) is 8.26. The van der Waals surface area contributed by atoms with Gasteiger partial charge in [-0.3, -0.25) is 4.79 Å². The number of benzene rings is 1. The summed E-state index contributed by atoms with van der Waals surface area (Å²) in [6.45, 7) is 2.06. The van der Waals surface area contributed by atoms with Crippen LogP contribution in [0.15, 0.2) is 29.2 Å². The molecule has 0 aliphatic carbocycles. The summed E-state index contributed by atoms with van der Waals surface area (Å²) in [6.07, 6.45) is 5.56. The van der Waals surface area contributed by atoms with Gasteiger partial charge in [0.1, 0.15) is 6.61 Å². The van der Waals surface area contributed by atoms with Crippen LogP contribution in [0.5, 0.6) is 0 Å². The zero-order valence-electron chi connectivity index (χ0n) is 13.4. The van der Waals surface area contributed by atoms with Crippen molar-refractivity contribution >= 4 is 17.7 Å². The van der Waals surface area contributed by atoms with Crippen LogP contribution in [0.4, 0.5) is 0 Å². The lowest BCUT2D eigenvalue weighted by Crippen LogP contribution is -2.32. The molecular formula is C17H25NO3S. The van der Waals surface area contributed by atoms with Crippen LogP contribution in [0.2, 0.25) is 0 Å². The first-order chi connectivity index (χ1) is 10.7. The Morgan fingerprint density at radius 1 is 1.45 bits per heavy atom. The van der Waals surface area contributed by atoms with Crippen LogP contribution in [0, 0.1) is 0 Å². The fourth-order valence-electron chi connectivity index (χ4n) is 2.46. The molecule has 0 N–H and O–H groups in total. The Hall–Kier alpha value is -1.04. The summed E-state index contributed by atoms with van der Waals surface area (Å²) in [4.78, 5) is 15.0. The van der Waals surface area contributed by atoms with Crippen molar-refractivity contribution in [2.45, 2.75) is 36.8 Å². The highest BCUT2D eigenvalue weighted by Crippen LogP contribution is 2.17. The van der Waals surface area contributed by atoms with Gasteiger partial charge in [-0.05, 0) is 43.2 Å². The number of carbonyl (C=O) groups is 1. The summed E-state index contributed by atoms with van der Waals surface area (Å²) < 4.78 is 11.1. The summed E-state index contributed by atoms with van der Waals surface area (Å²) in [5.74, 6) is 0.00497. The van der Waals surface area contributed by atoms with Gasteiger partial charge < -0.3 is 14.4 Å². The number of carbonyl (C=O) groups excluding carboxylic acids is 1. The lowest BCUT2D eigenvalue weighted by molar-refractivity contribution is -0.137. The molecular weight excluding hydrogens is 298 g/mol. The van der Waals surface area contributed by atoms with Crippen LogP contribution >= 0.6 is 11.8 Å². The second kappa shape index (κ2) is 9.18. The second-order valence-corrected chi connectivity index (χ2v) is 6.48. The largest absolute Gasteiger partial charge is 0.376 e. The molecule has 122 valence electrons. The Balaban J connectivity index is 1.71. The Kier molecular flexibility index (Phi) is 7.22.